The molecule has 1 atom stereocenters. The monoisotopic (exact) mass is 253 g/mol. The van der Waals surface area contributed by atoms with Crippen LogP contribution in [0.2, 0.25) is 0 Å². The molecule has 1 N–H and O–H groups in total. The van der Waals surface area contributed by atoms with Crippen molar-refractivity contribution < 1.29 is 9.90 Å². The lowest BCUT2D eigenvalue weighted by atomic mass is 9.92. The van der Waals surface area contributed by atoms with Crippen molar-refractivity contribution in [1.29, 1.82) is 0 Å². The first-order valence-corrected chi connectivity index (χ1v) is 7.63. The van der Waals surface area contributed by atoms with Gasteiger partial charge >= 0.3 is 0 Å². The summed E-state index contributed by atoms with van der Waals surface area (Å²) in [5.74, 6) is 0.867. The van der Waals surface area contributed by atoms with Crippen molar-refractivity contribution in [1.82, 2.24) is 4.90 Å². The molecule has 0 bridgehead atoms. The number of rotatable bonds is 4. The average molecular weight is 253 g/mol. The van der Waals surface area contributed by atoms with Crippen molar-refractivity contribution in [3.8, 4) is 0 Å². The van der Waals surface area contributed by atoms with Gasteiger partial charge in [-0.25, -0.2) is 0 Å². The van der Waals surface area contributed by atoms with Gasteiger partial charge in [0.05, 0.1) is 12.0 Å². The largest absolute Gasteiger partial charge is 0.389 e. The van der Waals surface area contributed by atoms with Crippen LogP contribution >= 0.6 is 0 Å². The molecule has 0 aromatic carbocycles. The molecule has 1 unspecified atom stereocenters. The molecule has 1 amide bonds. The molecule has 3 nitrogen and oxygen atoms in total. The fourth-order valence-corrected chi connectivity index (χ4v) is 3.54. The molecule has 0 radical (unpaired) electrons. The first kappa shape index (κ1) is 13.9. The van der Waals surface area contributed by atoms with E-state index in [0.29, 0.717) is 12.3 Å². The second-order valence-electron chi connectivity index (χ2n) is 6.24. The van der Waals surface area contributed by atoms with Gasteiger partial charge in [-0.05, 0) is 38.0 Å². The van der Waals surface area contributed by atoms with E-state index in [4.69, 9.17) is 0 Å². The van der Waals surface area contributed by atoms with Crippen LogP contribution in [0.4, 0.5) is 0 Å². The average Bonchev–Trinajstić information content (AvgIpc) is 2.76. The highest BCUT2D eigenvalue weighted by molar-refractivity contribution is 5.77. The molecular formula is C15H27NO2. The van der Waals surface area contributed by atoms with E-state index >= 15 is 0 Å². The Balaban J connectivity index is 1.84. The minimum Gasteiger partial charge on any atom is -0.389 e. The van der Waals surface area contributed by atoms with Gasteiger partial charge in [-0.3, -0.25) is 4.79 Å². The summed E-state index contributed by atoms with van der Waals surface area (Å²) < 4.78 is 0. The smallest absolute Gasteiger partial charge is 0.225 e. The predicted octanol–water partition coefficient (Wildman–Crippen LogP) is 2.72. The Kier molecular flexibility index (Phi) is 4.66. The van der Waals surface area contributed by atoms with Crippen LogP contribution in [0.3, 0.4) is 0 Å². The lowest BCUT2D eigenvalue weighted by Crippen LogP contribution is -2.43. The summed E-state index contributed by atoms with van der Waals surface area (Å²) in [5, 5.41) is 10.3. The minimum absolute atomic E-state index is 0.181. The van der Waals surface area contributed by atoms with Crippen LogP contribution in [-0.4, -0.2) is 34.6 Å². The van der Waals surface area contributed by atoms with E-state index in [1.165, 1.54) is 19.3 Å². The number of piperidine rings is 1. The molecule has 0 spiro atoms. The first-order valence-electron chi connectivity index (χ1n) is 7.63. The molecule has 2 fully saturated rings. The van der Waals surface area contributed by atoms with Crippen LogP contribution < -0.4 is 0 Å². The van der Waals surface area contributed by atoms with E-state index in [-0.39, 0.29) is 5.91 Å². The Labute approximate surface area is 111 Å². The van der Waals surface area contributed by atoms with Crippen LogP contribution in [0.5, 0.6) is 0 Å². The fraction of sp³-hybridized carbons (Fsp3) is 0.933. The lowest BCUT2D eigenvalue weighted by Gasteiger charge is -2.34. The summed E-state index contributed by atoms with van der Waals surface area (Å²) in [7, 11) is 0. The SMILES string of the molecule is CCCC1CCCN(C(=O)CC2(O)CCCC2)C1. The molecule has 18 heavy (non-hydrogen) atoms. The highest BCUT2D eigenvalue weighted by atomic mass is 16.3. The summed E-state index contributed by atoms with van der Waals surface area (Å²) in [6, 6.07) is 0. The second kappa shape index (κ2) is 6.05. The molecule has 0 aromatic rings. The summed E-state index contributed by atoms with van der Waals surface area (Å²) >= 11 is 0. The number of aliphatic hydroxyl groups is 1. The number of likely N-dealkylation sites (tertiary alicyclic amines) is 1. The maximum Gasteiger partial charge on any atom is 0.225 e. The van der Waals surface area contributed by atoms with Gasteiger partial charge in [-0.1, -0.05) is 26.2 Å². The van der Waals surface area contributed by atoms with E-state index in [2.05, 4.69) is 6.92 Å². The molecule has 2 aliphatic rings. The van der Waals surface area contributed by atoms with Crippen molar-refractivity contribution in [3.63, 3.8) is 0 Å². The van der Waals surface area contributed by atoms with Gasteiger partial charge < -0.3 is 10.0 Å². The topological polar surface area (TPSA) is 40.5 Å². The van der Waals surface area contributed by atoms with Crippen molar-refractivity contribution in [2.24, 2.45) is 5.92 Å². The third-order valence-corrected chi connectivity index (χ3v) is 4.58. The standard InChI is InChI=1S/C15H27NO2/c1-2-6-13-7-5-10-16(12-13)14(17)11-15(18)8-3-4-9-15/h13,18H,2-12H2,1H3. The zero-order valence-electron chi connectivity index (χ0n) is 11.7. The summed E-state index contributed by atoms with van der Waals surface area (Å²) in [6.45, 7) is 4.03. The van der Waals surface area contributed by atoms with Crippen LogP contribution in [0.15, 0.2) is 0 Å². The maximum atomic E-state index is 12.3. The molecule has 104 valence electrons. The molecule has 1 aliphatic heterocycles. The van der Waals surface area contributed by atoms with Crippen LogP contribution in [0.25, 0.3) is 0 Å². The summed E-state index contributed by atoms with van der Waals surface area (Å²) in [4.78, 5) is 14.3. The Morgan fingerprint density at radius 2 is 2.06 bits per heavy atom. The number of hydrogen-bond donors (Lipinski definition) is 1. The highest BCUT2D eigenvalue weighted by Crippen LogP contribution is 2.33. The number of amides is 1. The molecule has 2 rings (SSSR count). The van der Waals surface area contributed by atoms with Gasteiger partial charge in [0.2, 0.25) is 5.91 Å². The van der Waals surface area contributed by atoms with E-state index < -0.39 is 5.60 Å². The van der Waals surface area contributed by atoms with Crippen LogP contribution in [-0.2, 0) is 4.79 Å². The van der Waals surface area contributed by atoms with Gasteiger partial charge in [-0.2, -0.15) is 0 Å². The van der Waals surface area contributed by atoms with Gasteiger partial charge in [-0.15, -0.1) is 0 Å². The van der Waals surface area contributed by atoms with Crippen LogP contribution in [0, 0.1) is 5.92 Å². The molecule has 1 aliphatic carbocycles. The number of nitrogens with zero attached hydrogens (tertiary/aromatic N) is 1. The van der Waals surface area contributed by atoms with Gasteiger partial charge in [0.15, 0.2) is 0 Å². The third kappa shape index (κ3) is 3.47. The Morgan fingerprint density at radius 3 is 2.72 bits per heavy atom. The zero-order valence-corrected chi connectivity index (χ0v) is 11.7. The predicted molar refractivity (Wildman–Crippen MR) is 72.2 cm³/mol. The van der Waals surface area contributed by atoms with E-state index in [0.717, 1.165) is 45.2 Å². The molecule has 1 saturated heterocycles. The van der Waals surface area contributed by atoms with Crippen molar-refractivity contribution >= 4 is 5.91 Å². The molecule has 0 aromatic heterocycles. The quantitative estimate of drug-likeness (QED) is 0.837. The number of carbonyl (C=O) groups is 1. The lowest BCUT2D eigenvalue weighted by molar-refractivity contribution is -0.138. The molecule has 1 heterocycles. The van der Waals surface area contributed by atoms with Gasteiger partial charge in [0.25, 0.3) is 0 Å². The Morgan fingerprint density at radius 1 is 1.33 bits per heavy atom. The van der Waals surface area contributed by atoms with Gasteiger partial charge in [0.1, 0.15) is 0 Å². The van der Waals surface area contributed by atoms with E-state index in [1.54, 1.807) is 0 Å². The number of carbonyl (C=O) groups excluding carboxylic acids is 1. The summed E-state index contributed by atoms with van der Waals surface area (Å²) in [6.07, 6.45) is 8.95. The minimum atomic E-state index is -0.686. The van der Waals surface area contributed by atoms with E-state index in [1.807, 2.05) is 4.90 Å². The normalized spacial score (nSPS) is 27.4. The van der Waals surface area contributed by atoms with Crippen LogP contribution in [0.1, 0.15) is 64.7 Å². The first-order chi connectivity index (χ1) is 8.63. The highest BCUT2D eigenvalue weighted by Gasteiger charge is 2.35. The van der Waals surface area contributed by atoms with Crippen molar-refractivity contribution in [3.05, 3.63) is 0 Å². The fourth-order valence-electron chi connectivity index (χ4n) is 3.54. The van der Waals surface area contributed by atoms with E-state index in [9.17, 15) is 9.90 Å². The second-order valence-corrected chi connectivity index (χ2v) is 6.24. The summed E-state index contributed by atoms with van der Waals surface area (Å²) in [5.41, 5.74) is -0.686. The third-order valence-electron chi connectivity index (χ3n) is 4.58. The Bertz CT molecular complexity index is 282. The molecular weight excluding hydrogens is 226 g/mol. The van der Waals surface area contributed by atoms with Crippen molar-refractivity contribution in [2.45, 2.75) is 70.3 Å². The molecule has 1 saturated carbocycles. The number of hydrogen-bond acceptors (Lipinski definition) is 2. The van der Waals surface area contributed by atoms with Gasteiger partial charge in [0, 0.05) is 13.1 Å². The Hall–Kier alpha value is -0.570. The van der Waals surface area contributed by atoms with Crippen molar-refractivity contribution in [2.75, 3.05) is 13.1 Å². The maximum absolute atomic E-state index is 12.3. The molecule has 3 heteroatoms. The zero-order chi connectivity index (χ0) is 13.0.